The highest BCUT2D eigenvalue weighted by Crippen LogP contribution is 2.20. The zero-order valence-electron chi connectivity index (χ0n) is 24.8. The van der Waals surface area contributed by atoms with Gasteiger partial charge in [0, 0.05) is 36.5 Å². The second-order valence-corrected chi connectivity index (χ2v) is 10.6. The van der Waals surface area contributed by atoms with E-state index in [1.807, 2.05) is 24.3 Å². The third-order valence-corrected chi connectivity index (χ3v) is 7.08. The van der Waals surface area contributed by atoms with Crippen molar-refractivity contribution in [3.05, 3.63) is 65.9 Å². The first-order valence-corrected chi connectivity index (χ1v) is 14.4. The van der Waals surface area contributed by atoms with Crippen LogP contribution in [0.3, 0.4) is 0 Å². The molecular formula is C30H38N8O8. The lowest BCUT2D eigenvalue weighted by atomic mass is 10.0. The van der Waals surface area contributed by atoms with Crippen molar-refractivity contribution in [2.75, 3.05) is 6.54 Å². The summed E-state index contributed by atoms with van der Waals surface area (Å²) in [5.41, 5.74) is 13.3. The van der Waals surface area contributed by atoms with E-state index in [1.54, 1.807) is 6.20 Å². The number of aromatic amines is 1. The summed E-state index contributed by atoms with van der Waals surface area (Å²) in [6.45, 7) is 0.308. The number of phenolic OH excluding ortho intramolecular Hbond substituents is 1. The van der Waals surface area contributed by atoms with Crippen molar-refractivity contribution in [3.8, 4) is 5.75 Å². The number of para-hydroxylation sites is 1. The van der Waals surface area contributed by atoms with Crippen LogP contribution in [0.25, 0.3) is 10.9 Å². The molecule has 4 atom stereocenters. The van der Waals surface area contributed by atoms with E-state index in [0.717, 1.165) is 10.9 Å². The average molecular weight is 639 g/mol. The minimum atomic E-state index is -1.78. The van der Waals surface area contributed by atoms with Gasteiger partial charge in [-0.15, -0.1) is 0 Å². The van der Waals surface area contributed by atoms with Crippen LogP contribution in [0.4, 0.5) is 0 Å². The number of hydrogen-bond donors (Lipinski definition) is 11. The van der Waals surface area contributed by atoms with Crippen molar-refractivity contribution < 1.29 is 39.3 Å². The van der Waals surface area contributed by atoms with Gasteiger partial charge in [-0.05, 0) is 42.2 Å². The molecular weight excluding hydrogens is 600 g/mol. The lowest BCUT2D eigenvalue weighted by Gasteiger charge is -2.25. The Morgan fingerprint density at radius 1 is 0.848 bits per heavy atom. The fraction of sp³-hybridized carbons (Fsp3) is 0.333. The van der Waals surface area contributed by atoms with Crippen molar-refractivity contribution in [1.29, 1.82) is 5.41 Å². The van der Waals surface area contributed by atoms with Gasteiger partial charge in [-0.1, -0.05) is 30.3 Å². The number of aliphatic carboxylic acids is 2. The largest absolute Gasteiger partial charge is 0.508 e. The lowest BCUT2D eigenvalue weighted by molar-refractivity contribution is -0.147. The van der Waals surface area contributed by atoms with E-state index < -0.39 is 60.2 Å². The van der Waals surface area contributed by atoms with Gasteiger partial charge in [-0.2, -0.15) is 0 Å². The molecule has 0 radical (unpaired) electrons. The maximum atomic E-state index is 13.8. The van der Waals surface area contributed by atoms with Gasteiger partial charge in [0.2, 0.25) is 17.7 Å². The SMILES string of the molecule is N=C(N)NCCC[C@H](N)C(=O)N[C@@H](Cc1c[nH]c2ccccc12)C(=O)N[C@@H](Cc1ccc(O)cc1)C(=O)N[C@@H](CC(=O)O)C(=O)O. The first-order chi connectivity index (χ1) is 21.8. The number of carboxylic acids is 2. The Bertz CT molecular complexity index is 1560. The number of carbonyl (C=O) groups is 5. The lowest BCUT2D eigenvalue weighted by Crippen LogP contribution is -2.58. The fourth-order valence-corrected chi connectivity index (χ4v) is 4.68. The number of nitrogens with two attached hydrogens (primary N) is 2. The number of hydrogen-bond acceptors (Lipinski definition) is 8. The van der Waals surface area contributed by atoms with Crippen molar-refractivity contribution in [3.63, 3.8) is 0 Å². The standard InChI is InChI=1S/C30H38N8O8/c31-20(5-3-11-34-30(32)33)26(42)36-23(13-17-15-35-21-6-2-1-4-19(17)21)28(44)37-22(12-16-7-9-18(39)10-8-16)27(43)38-24(29(45)46)14-25(40)41/h1-2,4,6-10,15,20,22-24,35,39H,3,5,11-14,31H2,(H,36,42)(H,37,44)(H,38,43)(H,40,41)(H,45,46)(H4,32,33,34)/t20-,22-,23-,24-/m0/s1. The summed E-state index contributed by atoms with van der Waals surface area (Å²) in [5, 5.41) is 46.3. The number of nitrogens with one attached hydrogen (secondary N) is 6. The molecule has 0 unspecified atom stereocenters. The van der Waals surface area contributed by atoms with Crippen molar-refractivity contribution >= 4 is 46.5 Å². The average Bonchev–Trinajstić information content (AvgIpc) is 3.41. The highest BCUT2D eigenvalue weighted by molar-refractivity contribution is 5.95. The Morgan fingerprint density at radius 3 is 2.09 bits per heavy atom. The Kier molecular flexibility index (Phi) is 12.5. The number of H-pyrrole nitrogens is 1. The normalized spacial score (nSPS) is 13.5. The molecule has 13 N–H and O–H groups in total. The number of benzene rings is 2. The molecule has 0 bridgehead atoms. The van der Waals surface area contributed by atoms with Crippen molar-refractivity contribution in [2.24, 2.45) is 11.5 Å². The van der Waals surface area contributed by atoms with Gasteiger partial charge in [-0.25, -0.2) is 4.79 Å². The summed E-state index contributed by atoms with van der Waals surface area (Å²) in [7, 11) is 0. The minimum Gasteiger partial charge on any atom is -0.508 e. The van der Waals surface area contributed by atoms with Crippen LogP contribution in [0.2, 0.25) is 0 Å². The Balaban J connectivity index is 1.87. The first kappa shape index (κ1) is 34.8. The molecule has 16 nitrogen and oxygen atoms in total. The number of aromatic nitrogens is 1. The smallest absolute Gasteiger partial charge is 0.326 e. The van der Waals surface area contributed by atoms with Gasteiger partial charge in [0.15, 0.2) is 5.96 Å². The number of fused-ring (bicyclic) bond motifs is 1. The van der Waals surface area contributed by atoms with E-state index in [2.05, 4.69) is 26.3 Å². The van der Waals surface area contributed by atoms with Gasteiger partial charge in [-0.3, -0.25) is 24.6 Å². The van der Waals surface area contributed by atoms with E-state index in [-0.39, 0.29) is 31.0 Å². The van der Waals surface area contributed by atoms with Crippen LogP contribution in [-0.2, 0) is 36.8 Å². The summed E-state index contributed by atoms with van der Waals surface area (Å²) >= 11 is 0. The summed E-state index contributed by atoms with van der Waals surface area (Å²) < 4.78 is 0. The second kappa shape index (κ2) is 16.4. The zero-order valence-corrected chi connectivity index (χ0v) is 24.8. The monoisotopic (exact) mass is 638 g/mol. The minimum absolute atomic E-state index is 0.00941. The topological polar surface area (TPSA) is 286 Å². The molecule has 0 saturated heterocycles. The third kappa shape index (κ3) is 10.5. The summed E-state index contributed by atoms with van der Waals surface area (Å²) in [6, 6.07) is 7.61. The van der Waals surface area contributed by atoms with Crippen LogP contribution >= 0.6 is 0 Å². The maximum absolute atomic E-state index is 13.8. The summed E-state index contributed by atoms with van der Waals surface area (Å²) in [4.78, 5) is 66.2. The van der Waals surface area contributed by atoms with E-state index in [9.17, 15) is 34.2 Å². The summed E-state index contributed by atoms with van der Waals surface area (Å²) in [6.07, 6.45) is 1.23. The molecule has 246 valence electrons. The zero-order chi connectivity index (χ0) is 33.8. The molecule has 3 rings (SSSR count). The Labute approximate surface area is 263 Å². The van der Waals surface area contributed by atoms with Crippen LogP contribution in [0.5, 0.6) is 5.75 Å². The van der Waals surface area contributed by atoms with Gasteiger partial charge in [0.1, 0.15) is 23.9 Å². The number of aromatic hydroxyl groups is 1. The number of amides is 3. The number of guanidine groups is 1. The van der Waals surface area contributed by atoms with Gasteiger partial charge in [0.05, 0.1) is 12.5 Å². The van der Waals surface area contributed by atoms with Crippen LogP contribution in [-0.4, -0.2) is 86.6 Å². The highest BCUT2D eigenvalue weighted by Gasteiger charge is 2.32. The van der Waals surface area contributed by atoms with E-state index >= 15 is 0 Å². The van der Waals surface area contributed by atoms with Crippen LogP contribution < -0.4 is 32.7 Å². The Morgan fingerprint density at radius 2 is 1.46 bits per heavy atom. The van der Waals surface area contributed by atoms with Gasteiger partial charge < -0.3 is 53.0 Å². The highest BCUT2D eigenvalue weighted by atomic mass is 16.4. The molecule has 3 amide bonds. The molecule has 0 aliphatic heterocycles. The second-order valence-electron chi connectivity index (χ2n) is 10.6. The van der Waals surface area contributed by atoms with Crippen LogP contribution in [0.1, 0.15) is 30.4 Å². The van der Waals surface area contributed by atoms with Gasteiger partial charge in [0.25, 0.3) is 0 Å². The molecule has 16 heteroatoms. The number of phenols is 1. The summed E-state index contributed by atoms with van der Waals surface area (Å²) in [5.74, 6) is -5.71. The molecule has 3 aromatic rings. The molecule has 1 aromatic heterocycles. The quantitative estimate of drug-likeness (QED) is 0.0497. The molecule has 1 heterocycles. The molecule has 2 aromatic carbocycles. The van der Waals surface area contributed by atoms with Gasteiger partial charge >= 0.3 is 11.9 Å². The fourth-order valence-electron chi connectivity index (χ4n) is 4.68. The number of carboxylic acid groups (broad SMARTS) is 2. The van der Waals surface area contributed by atoms with Crippen molar-refractivity contribution in [2.45, 2.75) is 56.3 Å². The van der Waals surface area contributed by atoms with E-state index in [1.165, 1.54) is 24.3 Å². The van der Waals surface area contributed by atoms with E-state index in [4.69, 9.17) is 22.0 Å². The molecule has 0 spiro atoms. The third-order valence-electron chi connectivity index (χ3n) is 7.08. The molecule has 0 aliphatic rings. The van der Waals surface area contributed by atoms with Crippen LogP contribution in [0.15, 0.2) is 54.7 Å². The Hall–Kier alpha value is -5.64. The number of rotatable bonds is 17. The van der Waals surface area contributed by atoms with Crippen molar-refractivity contribution in [1.82, 2.24) is 26.3 Å². The molecule has 46 heavy (non-hydrogen) atoms. The maximum Gasteiger partial charge on any atom is 0.326 e. The number of carbonyl (C=O) groups excluding carboxylic acids is 3. The van der Waals surface area contributed by atoms with Crippen LogP contribution in [0, 0.1) is 5.41 Å². The molecule has 0 aliphatic carbocycles. The first-order valence-electron chi connectivity index (χ1n) is 14.4. The predicted molar refractivity (Wildman–Crippen MR) is 167 cm³/mol. The molecule has 0 saturated carbocycles. The molecule has 0 fully saturated rings. The van der Waals surface area contributed by atoms with E-state index in [0.29, 0.717) is 24.1 Å². The predicted octanol–water partition coefficient (Wildman–Crippen LogP) is -0.737.